The molecule has 0 aromatic carbocycles. The molecule has 11 heavy (non-hydrogen) atoms. The van der Waals surface area contributed by atoms with Gasteiger partial charge in [0.15, 0.2) is 8.68 Å². The van der Waals surface area contributed by atoms with Gasteiger partial charge in [-0.2, -0.15) is 0 Å². The van der Waals surface area contributed by atoms with Gasteiger partial charge in [0.2, 0.25) is 0 Å². The summed E-state index contributed by atoms with van der Waals surface area (Å²) in [5.74, 6) is 0.0247. The molecule has 0 bridgehead atoms. The average Bonchev–Trinajstić information content (AvgIpc) is 2.38. The largest absolute Gasteiger partial charge is 0.385 e. The molecule has 1 rings (SSSR count). The van der Waals surface area contributed by atoms with E-state index in [1.807, 2.05) is 0 Å². The molecule has 0 atom stereocenters. The minimum absolute atomic E-state index is 0.0123. The van der Waals surface area contributed by atoms with E-state index in [9.17, 15) is 0 Å². The molecule has 62 valence electrons. The zero-order valence-corrected chi connectivity index (χ0v) is 7.88. The first-order chi connectivity index (χ1) is 5.36. The fraction of sp³-hybridized carbons (Fsp3) is 0.500. The number of nitrogens with zero attached hydrogens (tertiary/aromatic N) is 2. The van der Waals surface area contributed by atoms with Crippen molar-refractivity contribution in [2.45, 2.75) is 8.68 Å². The Labute approximate surface area is 76.0 Å². The normalized spacial score (nSPS) is 10.4. The predicted octanol–water partition coefficient (Wildman–Crippen LogP) is 0.622. The van der Waals surface area contributed by atoms with Gasteiger partial charge in [-0.25, -0.2) is 0 Å². The Morgan fingerprint density at radius 1 is 1.09 bits per heavy atom. The van der Waals surface area contributed by atoms with Crippen LogP contribution in [0.25, 0.3) is 0 Å². The van der Waals surface area contributed by atoms with Crippen molar-refractivity contribution in [1.29, 1.82) is 0 Å². The monoisotopic (exact) mass is 210 g/mol. The van der Waals surface area contributed by atoms with Gasteiger partial charge in [-0.05, 0) is 0 Å². The summed E-state index contributed by atoms with van der Waals surface area (Å²) in [7, 11) is 0. The van der Waals surface area contributed by atoms with Crippen LogP contribution >= 0.6 is 34.9 Å². The number of aliphatic hydroxyl groups is 2. The molecular weight excluding hydrogens is 204 g/mol. The zero-order valence-electron chi connectivity index (χ0n) is 5.43. The molecule has 0 unspecified atom stereocenters. The van der Waals surface area contributed by atoms with Gasteiger partial charge in [0.25, 0.3) is 0 Å². The van der Waals surface area contributed by atoms with Gasteiger partial charge in [0.05, 0.1) is 11.9 Å². The van der Waals surface area contributed by atoms with E-state index in [0.717, 1.165) is 8.68 Å². The highest BCUT2D eigenvalue weighted by molar-refractivity contribution is 8.03. The number of hydrogen-bond acceptors (Lipinski definition) is 7. The van der Waals surface area contributed by atoms with Crippen LogP contribution in [0.5, 0.6) is 0 Å². The molecule has 0 amide bonds. The standard InChI is InChI=1S/C4H6N2O2S3/c7-1-9-3-5-6-4(11-3)10-2-8/h7-8H,1-2H2. The highest BCUT2D eigenvalue weighted by Crippen LogP contribution is 2.27. The third-order valence-electron chi connectivity index (χ3n) is 0.764. The maximum atomic E-state index is 8.50. The quantitative estimate of drug-likeness (QED) is 0.561. The fourth-order valence-corrected chi connectivity index (χ4v) is 2.57. The van der Waals surface area contributed by atoms with Gasteiger partial charge in [-0.3, -0.25) is 0 Å². The maximum Gasteiger partial charge on any atom is 0.177 e. The van der Waals surface area contributed by atoms with Crippen molar-refractivity contribution in [1.82, 2.24) is 10.2 Å². The van der Waals surface area contributed by atoms with E-state index in [1.165, 1.54) is 34.9 Å². The summed E-state index contributed by atoms with van der Waals surface area (Å²) in [6.07, 6.45) is 0. The van der Waals surface area contributed by atoms with Crippen LogP contribution in [0.2, 0.25) is 0 Å². The number of aromatic nitrogens is 2. The topological polar surface area (TPSA) is 66.2 Å². The fourth-order valence-electron chi connectivity index (χ4n) is 0.424. The summed E-state index contributed by atoms with van der Waals surface area (Å²) in [6, 6.07) is 0. The Bertz CT molecular complexity index is 196. The predicted molar refractivity (Wildman–Crippen MR) is 45.8 cm³/mol. The highest BCUT2D eigenvalue weighted by atomic mass is 32.2. The van der Waals surface area contributed by atoms with Crippen molar-refractivity contribution in [2.75, 3.05) is 11.9 Å². The lowest BCUT2D eigenvalue weighted by Crippen LogP contribution is -1.74. The van der Waals surface area contributed by atoms with Crippen LogP contribution in [0.15, 0.2) is 8.68 Å². The highest BCUT2D eigenvalue weighted by Gasteiger charge is 2.02. The van der Waals surface area contributed by atoms with Crippen LogP contribution in [0.4, 0.5) is 0 Å². The van der Waals surface area contributed by atoms with Gasteiger partial charge in [0, 0.05) is 0 Å². The minimum Gasteiger partial charge on any atom is -0.385 e. The summed E-state index contributed by atoms with van der Waals surface area (Å²) < 4.78 is 1.45. The van der Waals surface area contributed by atoms with E-state index in [-0.39, 0.29) is 11.9 Å². The Balaban J connectivity index is 2.51. The molecule has 0 saturated heterocycles. The lowest BCUT2D eigenvalue weighted by molar-refractivity contribution is 0.375. The van der Waals surface area contributed by atoms with Gasteiger partial charge >= 0.3 is 0 Å². The van der Waals surface area contributed by atoms with E-state index >= 15 is 0 Å². The maximum absolute atomic E-state index is 8.50. The van der Waals surface area contributed by atoms with Crippen molar-refractivity contribution >= 4 is 34.9 Å². The molecule has 7 heteroatoms. The molecule has 1 aromatic rings. The van der Waals surface area contributed by atoms with Crippen molar-refractivity contribution in [3.8, 4) is 0 Å². The number of aliphatic hydroxyl groups excluding tert-OH is 2. The number of thioether (sulfide) groups is 2. The second-order valence-electron chi connectivity index (χ2n) is 1.38. The molecular formula is C4H6N2O2S3. The third kappa shape index (κ3) is 2.96. The Hall–Kier alpha value is 0.180. The number of rotatable bonds is 4. The van der Waals surface area contributed by atoms with Gasteiger partial charge in [-0.15, -0.1) is 10.2 Å². The molecule has 0 radical (unpaired) electrons. The van der Waals surface area contributed by atoms with Crippen LogP contribution in [-0.2, 0) is 0 Å². The van der Waals surface area contributed by atoms with E-state index in [4.69, 9.17) is 10.2 Å². The first-order valence-corrected chi connectivity index (χ1v) is 5.46. The van der Waals surface area contributed by atoms with Crippen LogP contribution in [0, 0.1) is 0 Å². The summed E-state index contributed by atoms with van der Waals surface area (Å²) in [5.41, 5.74) is 0. The van der Waals surface area contributed by atoms with Crippen LogP contribution < -0.4 is 0 Å². The van der Waals surface area contributed by atoms with E-state index < -0.39 is 0 Å². The Morgan fingerprint density at radius 2 is 1.55 bits per heavy atom. The molecule has 4 nitrogen and oxygen atoms in total. The molecule has 0 fully saturated rings. The lowest BCUT2D eigenvalue weighted by Gasteiger charge is -1.85. The van der Waals surface area contributed by atoms with E-state index in [2.05, 4.69) is 10.2 Å². The number of hydrogen-bond donors (Lipinski definition) is 2. The zero-order chi connectivity index (χ0) is 8.10. The summed E-state index contributed by atoms with van der Waals surface area (Å²) in [5, 5.41) is 24.5. The Kier molecular flexibility index (Phi) is 4.16. The van der Waals surface area contributed by atoms with Crippen molar-refractivity contribution in [3.05, 3.63) is 0 Å². The van der Waals surface area contributed by atoms with Crippen LogP contribution in [-0.4, -0.2) is 32.3 Å². The minimum atomic E-state index is 0.0123. The van der Waals surface area contributed by atoms with Crippen LogP contribution in [0.1, 0.15) is 0 Å². The molecule has 2 N–H and O–H groups in total. The lowest BCUT2D eigenvalue weighted by atomic mass is 11.5. The van der Waals surface area contributed by atoms with Crippen molar-refractivity contribution in [3.63, 3.8) is 0 Å². The second-order valence-corrected chi connectivity index (χ2v) is 4.74. The molecule has 0 aliphatic carbocycles. The molecule has 1 heterocycles. The first kappa shape index (κ1) is 9.27. The van der Waals surface area contributed by atoms with Gasteiger partial charge in [0.1, 0.15) is 0 Å². The average molecular weight is 210 g/mol. The summed E-state index contributed by atoms with van der Waals surface area (Å²) >= 11 is 3.82. The second kappa shape index (κ2) is 4.94. The van der Waals surface area contributed by atoms with Crippen LogP contribution in [0.3, 0.4) is 0 Å². The SMILES string of the molecule is OCSc1nnc(SCO)s1. The smallest absolute Gasteiger partial charge is 0.177 e. The molecule has 0 saturated carbocycles. The van der Waals surface area contributed by atoms with E-state index in [0.29, 0.717) is 0 Å². The van der Waals surface area contributed by atoms with Gasteiger partial charge in [-0.1, -0.05) is 34.9 Å². The molecule has 0 aliphatic heterocycles. The third-order valence-corrected chi connectivity index (χ3v) is 3.40. The molecule has 1 aromatic heterocycles. The molecule has 0 spiro atoms. The Morgan fingerprint density at radius 3 is 1.91 bits per heavy atom. The van der Waals surface area contributed by atoms with Crippen molar-refractivity contribution in [2.24, 2.45) is 0 Å². The van der Waals surface area contributed by atoms with E-state index in [1.54, 1.807) is 0 Å². The van der Waals surface area contributed by atoms with Gasteiger partial charge < -0.3 is 10.2 Å². The summed E-state index contributed by atoms with van der Waals surface area (Å²) in [6.45, 7) is 0. The molecule has 0 aliphatic rings. The first-order valence-electron chi connectivity index (χ1n) is 2.67. The summed E-state index contributed by atoms with van der Waals surface area (Å²) in [4.78, 5) is 0. The van der Waals surface area contributed by atoms with Crippen molar-refractivity contribution < 1.29 is 10.2 Å².